The Bertz CT molecular complexity index is 3140. The van der Waals surface area contributed by atoms with Crippen molar-refractivity contribution in [1.82, 2.24) is 4.40 Å². The molecular formula is C51H33N3O. The molecule has 4 heteroatoms. The first-order chi connectivity index (χ1) is 27.3. The first kappa shape index (κ1) is 30.2. The lowest BCUT2D eigenvalue weighted by molar-refractivity contribution is 0.673. The van der Waals surface area contributed by atoms with Gasteiger partial charge in [0.25, 0.3) is 0 Å². The highest BCUT2D eigenvalue weighted by atomic mass is 16.3. The first-order valence-electron chi connectivity index (χ1n) is 18.9. The van der Waals surface area contributed by atoms with Crippen LogP contribution in [0.15, 0.2) is 192 Å². The molecule has 0 saturated carbocycles. The molecule has 3 aromatic heterocycles. The van der Waals surface area contributed by atoms with E-state index in [0.29, 0.717) is 0 Å². The number of anilines is 6. The number of rotatable bonds is 6. The van der Waals surface area contributed by atoms with E-state index in [-0.39, 0.29) is 0 Å². The Morgan fingerprint density at radius 3 is 1.71 bits per heavy atom. The summed E-state index contributed by atoms with van der Waals surface area (Å²) < 4.78 is 9.47. The van der Waals surface area contributed by atoms with Crippen molar-refractivity contribution >= 4 is 83.3 Å². The van der Waals surface area contributed by atoms with Gasteiger partial charge in [0, 0.05) is 56.6 Å². The summed E-state index contributed by atoms with van der Waals surface area (Å²) in [4.78, 5) is 4.73. The third kappa shape index (κ3) is 4.40. The van der Waals surface area contributed by atoms with Crippen LogP contribution >= 0.6 is 0 Å². The van der Waals surface area contributed by atoms with Gasteiger partial charge >= 0.3 is 0 Å². The van der Waals surface area contributed by atoms with Crippen molar-refractivity contribution < 1.29 is 4.42 Å². The summed E-state index contributed by atoms with van der Waals surface area (Å²) >= 11 is 0. The van der Waals surface area contributed by atoms with Crippen LogP contribution in [0.25, 0.3) is 60.4 Å². The molecule has 1 aliphatic carbocycles. The van der Waals surface area contributed by atoms with Gasteiger partial charge in [-0.3, -0.25) is 0 Å². The minimum Gasteiger partial charge on any atom is -0.454 e. The summed E-state index contributed by atoms with van der Waals surface area (Å²) in [5, 5.41) is 5.86. The summed E-state index contributed by atoms with van der Waals surface area (Å²) in [6.07, 6.45) is 0.884. The molecule has 0 aliphatic heterocycles. The highest BCUT2D eigenvalue weighted by Crippen LogP contribution is 2.53. The van der Waals surface area contributed by atoms with E-state index >= 15 is 0 Å². The van der Waals surface area contributed by atoms with Crippen molar-refractivity contribution in [3.8, 4) is 11.3 Å². The Kier molecular flexibility index (Phi) is 6.37. The lowest BCUT2D eigenvalue weighted by Gasteiger charge is -2.26. The van der Waals surface area contributed by atoms with Gasteiger partial charge in [-0.05, 0) is 107 Å². The van der Waals surface area contributed by atoms with Gasteiger partial charge in [-0.25, -0.2) is 0 Å². The average Bonchev–Trinajstić information content (AvgIpc) is 3.98. The number of fused-ring (bicyclic) bond motifs is 11. The minimum absolute atomic E-state index is 0.884. The zero-order valence-corrected chi connectivity index (χ0v) is 29.9. The van der Waals surface area contributed by atoms with Crippen LogP contribution < -0.4 is 9.80 Å². The molecule has 11 aromatic rings. The number of benzene rings is 8. The maximum atomic E-state index is 6.94. The molecule has 258 valence electrons. The molecule has 0 bridgehead atoms. The van der Waals surface area contributed by atoms with E-state index in [0.717, 1.165) is 67.7 Å². The van der Waals surface area contributed by atoms with Crippen LogP contribution in [0.3, 0.4) is 0 Å². The molecule has 3 heterocycles. The van der Waals surface area contributed by atoms with Gasteiger partial charge in [-0.2, -0.15) is 0 Å². The summed E-state index contributed by atoms with van der Waals surface area (Å²) in [5.74, 6) is 0. The lowest BCUT2D eigenvalue weighted by atomic mass is 10.0. The van der Waals surface area contributed by atoms with Gasteiger partial charge in [0.15, 0.2) is 5.58 Å². The number of para-hydroxylation sites is 4. The third-order valence-electron chi connectivity index (χ3n) is 11.5. The summed E-state index contributed by atoms with van der Waals surface area (Å²) in [7, 11) is 0. The van der Waals surface area contributed by atoms with Crippen LogP contribution in [0.5, 0.6) is 0 Å². The van der Waals surface area contributed by atoms with Gasteiger partial charge in [-0.1, -0.05) is 103 Å². The lowest BCUT2D eigenvalue weighted by Crippen LogP contribution is -2.10. The Balaban J connectivity index is 1.14. The van der Waals surface area contributed by atoms with E-state index in [9.17, 15) is 0 Å². The maximum absolute atomic E-state index is 6.94. The predicted molar refractivity (Wildman–Crippen MR) is 228 cm³/mol. The Hall–Kier alpha value is -7.30. The van der Waals surface area contributed by atoms with Crippen LogP contribution in [0.1, 0.15) is 11.1 Å². The van der Waals surface area contributed by atoms with E-state index in [1.165, 1.54) is 44.4 Å². The van der Waals surface area contributed by atoms with Gasteiger partial charge in [0.05, 0.1) is 16.9 Å². The highest BCUT2D eigenvalue weighted by Gasteiger charge is 2.33. The molecule has 0 radical (unpaired) electrons. The van der Waals surface area contributed by atoms with Gasteiger partial charge in [0.2, 0.25) is 0 Å². The number of furan rings is 1. The largest absolute Gasteiger partial charge is 0.454 e. The highest BCUT2D eigenvalue weighted by molar-refractivity contribution is 6.25. The van der Waals surface area contributed by atoms with Crippen LogP contribution in [0, 0.1) is 0 Å². The topological polar surface area (TPSA) is 24.0 Å². The second-order valence-electron chi connectivity index (χ2n) is 14.5. The zero-order chi connectivity index (χ0) is 36.0. The second-order valence-corrected chi connectivity index (χ2v) is 14.5. The molecule has 1 aliphatic rings. The molecule has 0 saturated heterocycles. The van der Waals surface area contributed by atoms with Crippen molar-refractivity contribution in [1.29, 1.82) is 0 Å². The van der Waals surface area contributed by atoms with E-state index in [1.807, 2.05) is 0 Å². The van der Waals surface area contributed by atoms with Crippen LogP contribution in [0.2, 0.25) is 0 Å². The van der Waals surface area contributed by atoms with Crippen molar-refractivity contribution in [2.24, 2.45) is 0 Å². The van der Waals surface area contributed by atoms with E-state index in [4.69, 9.17) is 4.42 Å². The van der Waals surface area contributed by atoms with Crippen molar-refractivity contribution in [2.75, 3.05) is 9.80 Å². The predicted octanol–water partition coefficient (Wildman–Crippen LogP) is 14.1. The SMILES string of the molecule is c1ccc(N(c2ccccc2)c2ccc3cc4oc5c6ccc(N(c7ccccc7)c7ccccc7)c7c8c(n(c76)c5c4cc3c2)-c2ccccc2C8)cc1. The second kappa shape index (κ2) is 11.6. The number of hydrogen-bond donors (Lipinski definition) is 0. The molecule has 0 amide bonds. The summed E-state index contributed by atoms with van der Waals surface area (Å²) in [6.45, 7) is 0. The number of nitrogens with zero attached hydrogens (tertiary/aromatic N) is 3. The Morgan fingerprint density at radius 2 is 1.05 bits per heavy atom. The Labute approximate surface area is 317 Å². The van der Waals surface area contributed by atoms with Gasteiger partial charge < -0.3 is 18.6 Å². The smallest absolute Gasteiger partial charge is 0.161 e. The van der Waals surface area contributed by atoms with Crippen LogP contribution in [0.4, 0.5) is 34.1 Å². The fourth-order valence-electron chi connectivity index (χ4n) is 9.16. The fraction of sp³-hybridized carbons (Fsp3) is 0.0196. The first-order valence-corrected chi connectivity index (χ1v) is 18.9. The average molecular weight is 704 g/mol. The molecular weight excluding hydrogens is 671 g/mol. The summed E-state index contributed by atoms with van der Waals surface area (Å²) in [5.41, 5.74) is 16.3. The summed E-state index contributed by atoms with van der Waals surface area (Å²) in [6, 6.07) is 67.5. The standard InChI is InChI=1S/C51H33N3O/c1-5-16-36(17-6-1)52(37-18-7-2-8-19-37)40-26-25-33-32-46-43(31-35(33)29-40)50-51(55-46)42-27-28-45(53(38-20-9-3-10-21-38)39-22-11-4-12-23-39)47-44-30-34-15-13-14-24-41(34)48(44)54(50)49(42)47/h1-29,31-32H,30H2. The molecule has 4 nitrogen and oxygen atoms in total. The van der Waals surface area contributed by atoms with Gasteiger partial charge in [-0.15, -0.1) is 0 Å². The maximum Gasteiger partial charge on any atom is 0.161 e. The zero-order valence-electron chi connectivity index (χ0n) is 29.9. The quantitative estimate of drug-likeness (QED) is 0.172. The molecule has 0 fully saturated rings. The van der Waals surface area contributed by atoms with Crippen LogP contribution in [-0.2, 0) is 6.42 Å². The van der Waals surface area contributed by atoms with E-state index < -0.39 is 0 Å². The van der Waals surface area contributed by atoms with E-state index in [2.05, 4.69) is 202 Å². The number of aromatic nitrogens is 1. The minimum atomic E-state index is 0.884. The third-order valence-corrected chi connectivity index (χ3v) is 11.5. The van der Waals surface area contributed by atoms with Crippen molar-refractivity contribution in [3.63, 3.8) is 0 Å². The Morgan fingerprint density at radius 1 is 0.455 bits per heavy atom. The van der Waals surface area contributed by atoms with E-state index in [1.54, 1.807) is 0 Å². The molecule has 12 rings (SSSR count). The number of hydrogen-bond acceptors (Lipinski definition) is 3. The van der Waals surface area contributed by atoms with Crippen molar-refractivity contribution in [2.45, 2.75) is 6.42 Å². The molecule has 8 aromatic carbocycles. The fourth-order valence-corrected chi connectivity index (χ4v) is 9.16. The molecule has 0 spiro atoms. The van der Waals surface area contributed by atoms with Crippen molar-refractivity contribution in [3.05, 3.63) is 199 Å². The normalized spacial score (nSPS) is 12.3. The van der Waals surface area contributed by atoms with Gasteiger partial charge in [0.1, 0.15) is 11.1 Å². The molecule has 55 heavy (non-hydrogen) atoms. The molecule has 0 unspecified atom stereocenters. The van der Waals surface area contributed by atoms with Crippen LogP contribution in [-0.4, -0.2) is 4.40 Å². The molecule has 0 atom stereocenters. The molecule has 0 N–H and O–H groups in total. The monoisotopic (exact) mass is 703 g/mol.